The summed E-state index contributed by atoms with van der Waals surface area (Å²) >= 11 is 1.46. The number of hydrogen-bond donors (Lipinski definition) is 1. The first-order chi connectivity index (χ1) is 21.9. The molecule has 1 aliphatic heterocycles. The fraction of sp³-hybridized carbons (Fsp3) is 0.294. The molecule has 3 aromatic heterocycles. The van der Waals surface area contributed by atoms with Gasteiger partial charge in [-0.2, -0.15) is 0 Å². The van der Waals surface area contributed by atoms with Gasteiger partial charge in [0.15, 0.2) is 0 Å². The summed E-state index contributed by atoms with van der Waals surface area (Å²) in [5, 5.41) is 10.2. The Bertz CT molecular complexity index is 1970. The summed E-state index contributed by atoms with van der Waals surface area (Å²) in [5.74, 6) is 5.40. The summed E-state index contributed by atoms with van der Waals surface area (Å²) in [6, 6.07) is 11.9. The molecule has 1 N–H and O–H groups in total. The molecule has 0 radical (unpaired) electrons. The van der Waals surface area contributed by atoms with E-state index in [4.69, 9.17) is 9.47 Å². The van der Waals surface area contributed by atoms with Crippen LogP contribution >= 0.6 is 11.3 Å². The van der Waals surface area contributed by atoms with Gasteiger partial charge in [-0.05, 0) is 61.2 Å². The molecule has 228 valence electrons. The van der Waals surface area contributed by atoms with Crippen molar-refractivity contribution in [2.75, 3.05) is 6.61 Å². The standard InChI is InChI=1S/C34H28F2N4O4S/c35-26-16-25(28-5-2-6-32(39-28)44-19-33-37-17-24(45-33)9-7-20-3-1-4-20)27(36)13-22(26)15-31-38-29-10-8-21(34(41)42)14-30(29)40(31)18-23-11-12-43-23/h2,5-6,8,10,13-14,16-17,20,23H,1,3-4,11-12,15,18-19H2,(H,41,42)/t23-/m0/s1. The van der Waals surface area contributed by atoms with Gasteiger partial charge in [0, 0.05) is 30.6 Å². The normalized spacial score (nSPS) is 16.1. The van der Waals surface area contributed by atoms with Gasteiger partial charge in [-0.25, -0.2) is 28.5 Å². The zero-order valence-electron chi connectivity index (χ0n) is 24.1. The number of imidazole rings is 1. The van der Waals surface area contributed by atoms with E-state index >= 15 is 8.78 Å². The quantitative estimate of drug-likeness (QED) is 0.183. The van der Waals surface area contributed by atoms with Gasteiger partial charge in [0.1, 0.15) is 29.1 Å². The van der Waals surface area contributed by atoms with E-state index in [2.05, 4.69) is 26.8 Å². The summed E-state index contributed by atoms with van der Waals surface area (Å²) in [7, 11) is 0. The van der Waals surface area contributed by atoms with E-state index in [0.29, 0.717) is 35.9 Å². The summed E-state index contributed by atoms with van der Waals surface area (Å²) in [5.41, 5.74) is 1.66. The van der Waals surface area contributed by atoms with Gasteiger partial charge in [0.25, 0.3) is 0 Å². The highest BCUT2D eigenvalue weighted by Gasteiger charge is 2.24. The number of carbonyl (C=O) groups is 1. The monoisotopic (exact) mass is 626 g/mol. The van der Waals surface area contributed by atoms with Gasteiger partial charge in [-0.1, -0.05) is 24.3 Å². The fourth-order valence-corrected chi connectivity index (χ4v) is 6.00. The van der Waals surface area contributed by atoms with Crippen LogP contribution in [0.4, 0.5) is 8.78 Å². The first-order valence-corrected chi connectivity index (χ1v) is 15.6. The maximum absolute atomic E-state index is 15.5. The number of benzene rings is 2. The van der Waals surface area contributed by atoms with Crippen molar-refractivity contribution in [2.24, 2.45) is 5.92 Å². The molecule has 5 aromatic rings. The summed E-state index contributed by atoms with van der Waals surface area (Å²) in [4.78, 5) is 25.9. The number of fused-ring (bicyclic) bond motifs is 1. The lowest BCUT2D eigenvalue weighted by molar-refractivity contribution is -0.0589. The van der Waals surface area contributed by atoms with Crippen LogP contribution in [0.5, 0.6) is 5.88 Å². The lowest BCUT2D eigenvalue weighted by Crippen LogP contribution is -2.31. The molecule has 2 aromatic carbocycles. The molecule has 2 fully saturated rings. The second-order valence-electron chi connectivity index (χ2n) is 11.2. The van der Waals surface area contributed by atoms with Crippen molar-refractivity contribution in [3.05, 3.63) is 93.2 Å². The van der Waals surface area contributed by atoms with Crippen molar-refractivity contribution >= 4 is 28.3 Å². The molecule has 7 rings (SSSR count). The lowest BCUT2D eigenvalue weighted by Gasteiger charge is -2.27. The summed E-state index contributed by atoms with van der Waals surface area (Å²) in [6.45, 7) is 1.27. The van der Waals surface area contributed by atoms with Gasteiger partial charge in [-0.15, -0.1) is 11.3 Å². The smallest absolute Gasteiger partial charge is 0.335 e. The number of aromatic nitrogens is 4. The Morgan fingerprint density at radius 1 is 1.11 bits per heavy atom. The van der Waals surface area contributed by atoms with Gasteiger partial charge in [0.05, 0.1) is 46.0 Å². The Hall–Kier alpha value is -4.66. The Morgan fingerprint density at radius 3 is 2.73 bits per heavy atom. The van der Waals surface area contributed by atoms with E-state index in [1.54, 1.807) is 36.5 Å². The fourth-order valence-electron chi connectivity index (χ4n) is 5.31. The number of carboxylic acids is 1. The number of carboxylic acid groups (broad SMARTS) is 1. The van der Waals surface area contributed by atoms with Crippen molar-refractivity contribution in [1.82, 2.24) is 19.5 Å². The molecule has 0 spiro atoms. The van der Waals surface area contributed by atoms with Gasteiger partial charge >= 0.3 is 5.97 Å². The third-order valence-corrected chi connectivity index (χ3v) is 9.03. The molecule has 45 heavy (non-hydrogen) atoms. The van der Waals surface area contributed by atoms with Crippen molar-refractivity contribution < 1.29 is 28.2 Å². The molecule has 0 unspecified atom stereocenters. The minimum atomic E-state index is -1.06. The van der Waals surface area contributed by atoms with E-state index in [0.717, 1.165) is 41.3 Å². The second kappa shape index (κ2) is 12.4. The van der Waals surface area contributed by atoms with Gasteiger partial charge < -0.3 is 19.1 Å². The highest BCUT2D eigenvalue weighted by molar-refractivity contribution is 7.12. The van der Waals surface area contributed by atoms with Gasteiger partial charge in [0.2, 0.25) is 5.88 Å². The molecular formula is C34H28F2N4O4S. The molecule has 4 heterocycles. The maximum atomic E-state index is 15.5. The number of thiazole rings is 1. The summed E-state index contributed by atoms with van der Waals surface area (Å²) < 4.78 is 44.3. The molecule has 1 atom stereocenters. The molecule has 2 aliphatic rings. The van der Waals surface area contributed by atoms with E-state index < -0.39 is 17.6 Å². The average molecular weight is 627 g/mol. The van der Waals surface area contributed by atoms with Crippen LogP contribution in [0.3, 0.4) is 0 Å². The zero-order valence-corrected chi connectivity index (χ0v) is 24.9. The Balaban J connectivity index is 1.09. The first kappa shape index (κ1) is 29.1. The molecule has 0 bridgehead atoms. The number of nitrogens with zero attached hydrogens (tertiary/aromatic N) is 4. The Morgan fingerprint density at radius 2 is 1.98 bits per heavy atom. The van der Waals surface area contributed by atoms with Crippen LogP contribution in [0.2, 0.25) is 0 Å². The van der Waals surface area contributed by atoms with Crippen molar-refractivity contribution in [3.63, 3.8) is 0 Å². The highest BCUT2D eigenvalue weighted by atomic mass is 32.1. The van der Waals surface area contributed by atoms with Crippen LogP contribution < -0.4 is 4.74 Å². The number of pyridine rings is 1. The van der Waals surface area contributed by atoms with E-state index in [1.165, 1.54) is 23.8 Å². The topological polar surface area (TPSA) is 99.4 Å². The van der Waals surface area contributed by atoms with E-state index in [1.807, 2.05) is 4.57 Å². The third kappa shape index (κ3) is 6.30. The minimum Gasteiger partial charge on any atom is -0.478 e. The van der Waals surface area contributed by atoms with Crippen LogP contribution in [0.1, 0.15) is 57.3 Å². The number of ether oxygens (including phenoxy) is 2. The number of hydrogen-bond acceptors (Lipinski definition) is 7. The molecular weight excluding hydrogens is 598 g/mol. The average Bonchev–Trinajstić information content (AvgIpc) is 3.58. The van der Waals surface area contributed by atoms with Crippen LogP contribution in [0.15, 0.2) is 54.7 Å². The van der Waals surface area contributed by atoms with Crippen molar-refractivity contribution in [3.8, 4) is 29.0 Å². The van der Waals surface area contributed by atoms with Crippen LogP contribution in [-0.4, -0.2) is 43.3 Å². The SMILES string of the molecule is O=C(O)c1ccc2nc(Cc3cc(F)c(-c4cccc(OCc5ncc(C#CC6CCC6)s5)n4)cc3F)n(C[C@@H]3CCO3)c2c1. The van der Waals surface area contributed by atoms with Crippen molar-refractivity contribution in [2.45, 2.75) is 51.4 Å². The lowest BCUT2D eigenvalue weighted by atomic mass is 9.86. The number of aromatic carboxylic acids is 1. The molecule has 11 heteroatoms. The Labute approximate surface area is 261 Å². The number of rotatable bonds is 9. The third-order valence-electron chi connectivity index (χ3n) is 8.14. The maximum Gasteiger partial charge on any atom is 0.335 e. The first-order valence-electron chi connectivity index (χ1n) is 14.8. The molecule has 1 saturated carbocycles. The molecule has 1 aliphatic carbocycles. The van der Waals surface area contributed by atoms with E-state index in [-0.39, 0.29) is 47.4 Å². The predicted octanol–water partition coefficient (Wildman–Crippen LogP) is 6.64. The molecule has 8 nitrogen and oxygen atoms in total. The second-order valence-corrected chi connectivity index (χ2v) is 12.3. The van der Waals surface area contributed by atoms with Gasteiger partial charge in [-0.3, -0.25) is 0 Å². The molecule has 1 saturated heterocycles. The van der Waals surface area contributed by atoms with Crippen molar-refractivity contribution in [1.29, 1.82) is 0 Å². The van der Waals surface area contributed by atoms with Crippen LogP contribution in [0, 0.1) is 29.4 Å². The zero-order chi connectivity index (χ0) is 30.9. The van der Waals surface area contributed by atoms with E-state index in [9.17, 15) is 9.90 Å². The number of halogens is 2. The summed E-state index contributed by atoms with van der Waals surface area (Å²) in [6.07, 6.45) is 6.10. The molecule has 0 amide bonds. The van der Waals surface area contributed by atoms with Crippen LogP contribution in [0.25, 0.3) is 22.3 Å². The largest absolute Gasteiger partial charge is 0.478 e. The highest BCUT2D eigenvalue weighted by Crippen LogP contribution is 2.29. The Kier molecular flexibility index (Phi) is 8.00. The predicted molar refractivity (Wildman–Crippen MR) is 164 cm³/mol. The minimum absolute atomic E-state index is 0.00422. The van der Waals surface area contributed by atoms with Crippen LogP contribution in [-0.2, 0) is 24.3 Å².